The fraction of sp³-hybridized carbons (Fsp3) is 0.111. The number of amides is 1. The number of anilines is 1. The number of nitrogens with one attached hydrogen (secondary N) is 2. The van der Waals surface area contributed by atoms with E-state index in [1.807, 2.05) is 24.3 Å². The Morgan fingerprint density at radius 1 is 1.20 bits per heavy atom. The molecular formula is C18H14ClFN2O3. The number of para-hydroxylation sites is 1. The second kappa shape index (κ2) is 7.36. The molecule has 0 aliphatic carbocycles. The van der Waals surface area contributed by atoms with Crippen molar-refractivity contribution in [3.8, 4) is 0 Å². The molecule has 3 aromatic rings. The molecule has 128 valence electrons. The predicted molar refractivity (Wildman–Crippen MR) is 93.0 cm³/mol. The van der Waals surface area contributed by atoms with Crippen LogP contribution in [0.1, 0.15) is 5.56 Å². The van der Waals surface area contributed by atoms with Crippen LogP contribution in [0.15, 0.2) is 48.7 Å². The molecule has 2 aromatic carbocycles. The summed E-state index contributed by atoms with van der Waals surface area (Å²) in [7, 11) is 0. The minimum absolute atomic E-state index is 0.0306. The monoisotopic (exact) mass is 360 g/mol. The summed E-state index contributed by atoms with van der Waals surface area (Å²) in [6, 6.07) is 11.3. The van der Waals surface area contributed by atoms with Crippen molar-refractivity contribution >= 4 is 40.1 Å². The van der Waals surface area contributed by atoms with Crippen molar-refractivity contribution in [2.45, 2.75) is 6.42 Å². The van der Waals surface area contributed by atoms with Crippen LogP contribution in [0.4, 0.5) is 10.1 Å². The Balaban J connectivity index is 1.55. The first-order valence-corrected chi connectivity index (χ1v) is 7.86. The van der Waals surface area contributed by atoms with Gasteiger partial charge in [-0.25, -0.2) is 4.39 Å². The summed E-state index contributed by atoms with van der Waals surface area (Å²) in [5.74, 6) is -1.82. The minimum Gasteiger partial charge on any atom is -0.455 e. The zero-order chi connectivity index (χ0) is 17.8. The van der Waals surface area contributed by atoms with Gasteiger partial charge in [0.25, 0.3) is 5.91 Å². The van der Waals surface area contributed by atoms with Gasteiger partial charge in [-0.3, -0.25) is 9.59 Å². The lowest BCUT2D eigenvalue weighted by atomic mass is 10.1. The van der Waals surface area contributed by atoms with Gasteiger partial charge in [-0.1, -0.05) is 29.8 Å². The number of hydrogen-bond acceptors (Lipinski definition) is 3. The molecule has 0 atom stereocenters. The number of esters is 1. The molecule has 0 fully saturated rings. The molecule has 0 aliphatic rings. The van der Waals surface area contributed by atoms with Gasteiger partial charge in [0.05, 0.1) is 12.1 Å². The molecule has 0 unspecified atom stereocenters. The third-order valence-corrected chi connectivity index (χ3v) is 3.81. The molecule has 1 aromatic heterocycles. The van der Waals surface area contributed by atoms with Gasteiger partial charge in [0.2, 0.25) is 0 Å². The van der Waals surface area contributed by atoms with Gasteiger partial charge < -0.3 is 15.0 Å². The van der Waals surface area contributed by atoms with Crippen molar-refractivity contribution in [3.63, 3.8) is 0 Å². The number of hydrogen-bond donors (Lipinski definition) is 2. The molecule has 0 aliphatic heterocycles. The molecule has 0 bridgehead atoms. The number of halogens is 2. The number of aromatic nitrogens is 1. The quantitative estimate of drug-likeness (QED) is 0.682. The Morgan fingerprint density at radius 3 is 2.84 bits per heavy atom. The smallest absolute Gasteiger partial charge is 0.310 e. The van der Waals surface area contributed by atoms with E-state index >= 15 is 0 Å². The molecule has 0 spiro atoms. The number of H-pyrrole nitrogens is 1. The van der Waals surface area contributed by atoms with E-state index in [9.17, 15) is 14.0 Å². The lowest BCUT2D eigenvalue weighted by Gasteiger charge is -2.07. The Morgan fingerprint density at radius 2 is 2.00 bits per heavy atom. The topological polar surface area (TPSA) is 71.2 Å². The van der Waals surface area contributed by atoms with Crippen LogP contribution in [0.2, 0.25) is 5.02 Å². The first kappa shape index (κ1) is 17.0. The summed E-state index contributed by atoms with van der Waals surface area (Å²) < 4.78 is 18.5. The van der Waals surface area contributed by atoms with Gasteiger partial charge >= 0.3 is 5.97 Å². The maximum Gasteiger partial charge on any atom is 0.310 e. The van der Waals surface area contributed by atoms with Crippen LogP contribution in [-0.4, -0.2) is 23.5 Å². The second-order valence-corrected chi connectivity index (χ2v) is 5.81. The number of aromatic amines is 1. The molecule has 1 heterocycles. The van der Waals surface area contributed by atoms with E-state index in [0.29, 0.717) is 0 Å². The average molecular weight is 361 g/mol. The molecule has 0 saturated heterocycles. The third kappa shape index (κ3) is 4.16. The molecular weight excluding hydrogens is 347 g/mol. The molecule has 0 saturated carbocycles. The third-order valence-electron chi connectivity index (χ3n) is 3.58. The summed E-state index contributed by atoms with van der Waals surface area (Å²) in [5.41, 5.74) is 1.63. The lowest BCUT2D eigenvalue weighted by molar-refractivity contribution is -0.146. The van der Waals surface area contributed by atoms with E-state index in [4.69, 9.17) is 16.3 Å². The number of carbonyl (C=O) groups excluding carboxylic acids is 2. The van der Waals surface area contributed by atoms with Gasteiger partial charge in [0, 0.05) is 22.1 Å². The first-order valence-electron chi connectivity index (χ1n) is 7.48. The van der Waals surface area contributed by atoms with Gasteiger partial charge in [0.15, 0.2) is 6.61 Å². The Labute approximate surface area is 147 Å². The molecule has 1 amide bonds. The maximum absolute atomic E-state index is 13.5. The van der Waals surface area contributed by atoms with Crippen LogP contribution in [-0.2, 0) is 20.7 Å². The number of ether oxygens (including phenoxy) is 1. The highest BCUT2D eigenvalue weighted by atomic mass is 35.5. The summed E-state index contributed by atoms with van der Waals surface area (Å²) in [6.07, 6.45) is 1.76. The van der Waals surface area contributed by atoms with Crippen molar-refractivity contribution in [1.29, 1.82) is 0 Å². The molecule has 5 nitrogen and oxygen atoms in total. The molecule has 3 rings (SSSR count). The van der Waals surface area contributed by atoms with Crippen molar-refractivity contribution in [1.82, 2.24) is 4.98 Å². The number of fused-ring (bicyclic) bond motifs is 1. The Bertz CT molecular complexity index is 939. The largest absolute Gasteiger partial charge is 0.455 e. The van der Waals surface area contributed by atoms with Crippen LogP contribution in [0.3, 0.4) is 0 Å². The van der Waals surface area contributed by atoms with Crippen LogP contribution >= 0.6 is 11.6 Å². The summed E-state index contributed by atoms with van der Waals surface area (Å²) >= 11 is 5.75. The first-order chi connectivity index (χ1) is 12.0. The van der Waals surface area contributed by atoms with E-state index in [2.05, 4.69) is 10.3 Å². The number of carbonyl (C=O) groups is 2. The fourth-order valence-corrected chi connectivity index (χ4v) is 2.58. The summed E-state index contributed by atoms with van der Waals surface area (Å²) in [4.78, 5) is 26.8. The van der Waals surface area contributed by atoms with E-state index in [1.165, 1.54) is 12.1 Å². The molecule has 7 heteroatoms. The minimum atomic E-state index is -0.645. The normalized spacial score (nSPS) is 10.6. The van der Waals surface area contributed by atoms with E-state index in [-0.39, 0.29) is 17.1 Å². The van der Waals surface area contributed by atoms with Gasteiger partial charge in [-0.15, -0.1) is 0 Å². The fourth-order valence-electron chi connectivity index (χ4n) is 2.41. The van der Waals surface area contributed by atoms with Crippen molar-refractivity contribution in [2.75, 3.05) is 11.9 Å². The van der Waals surface area contributed by atoms with Crippen LogP contribution < -0.4 is 5.32 Å². The highest BCUT2D eigenvalue weighted by Gasteiger charge is 2.13. The van der Waals surface area contributed by atoms with E-state index in [0.717, 1.165) is 22.5 Å². The predicted octanol–water partition coefficient (Wildman–Crippen LogP) is 3.68. The van der Waals surface area contributed by atoms with E-state index in [1.54, 1.807) is 6.20 Å². The standard InChI is InChI=1S/C18H14ClFN2O3/c19-12-5-6-14(20)16(8-12)22-17(23)10-25-18(24)7-11-9-21-15-4-2-1-3-13(11)15/h1-6,8-9,21H,7,10H2,(H,22,23). The summed E-state index contributed by atoms with van der Waals surface area (Å²) in [5, 5.41) is 3.52. The van der Waals surface area contributed by atoms with Crippen molar-refractivity contribution < 1.29 is 18.7 Å². The zero-order valence-electron chi connectivity index (χ0n) is 13.0. The SMILES string of the molecule is O=C(COC(=O)Cc1c[nH]c2ccccc12)Nc1cc(Cl)ccc1F. The average Bonchev–Trinajstić information content (AvgIpc) is 2.99. The van der Waals surface area contributed by atoms with E-state index < -0.39 is 24.3 Å². The van der Waals surface area contributed by atoms with Crippen LogP contribution in [0.25, 0.3) is 10.9 Å². The van der Waals surface area contributed by atoms with Gasteiger partial charge in [-0.05, 0) is 29.8 Å². The molecule has 0 radical (unpaired) electrons. The maximum atomic E-state index is 13.5. The Hall–Kier alpha value is -2.86. The second-order valence-electron chi connectivity index (χ2n) is 5.37. The van der Waals surface area contributed by atoms with Crippen molar-refractivity contribution in [2.24, 2.45) is 0 Å². The van der Waals surface area contributed by atoms with Crippen LogP contribution in [0.5, 0.6) is 0 Å². The number of benzene rings is 2. The highest BCUT2D eigenvalue weighted by Crippen LogP contribution is 2.20. The zero-order valence-corrected chi connectivity index (χ0v) is 13.8. The van der Waals surface area contributed by atoms with Crippen LogP contribution in [0, 0.1) is 5.82 Å². The highest BCUT2D eigenvalue weighted by molar-refractivity contribution is 6.30. The Kier molecular flexibility index (Phi) is 5.00. The molecule has 2 N–H and O–H groups in total. The number of rotatable bonds is 5. The molecule has 25 heavy (non-hydrogen) atoms. The van der Waals surface area contributed by atoms with Gasteiger partial charge in [-0.2, -0.15) is 0 Å². The van der Waals surface area contributed by atoms with Gasteiger partial charge in [0.1, 0.15) is 5.82 Å². The van der Waals surface area contributed by atoms with Crippen molar-refractivity contribution in [3.05, 3.63) is 65.1 Å². The summed E-state index contributed by atoms with van der Waals surface area (Å²) in [6.45, 7) is -0.507. The lowest BCUT2D eigenvalue weighted by Crippen LogP contribution is -2.22.